The van der Waals surface area contributed by atoms with Crippen LogP contribution in [-0.2, 0) is 16.2 Å². The smallest absolute Gasteiger partial charge is 0.335 e. The van der Waals surface area contributed by atoms with Crippen molar-refractivity contribution >= 4 is 52.9 Å². The number of carboxylic acid groups (broad SMARTS) is 1. The molecule has 3 aromatic carbocycles. The predicted molar refractivity (Wildman–Crippen MR) is 131 cm³/mol. The van der Waals surface area contributed by atoms with Crippen LogP contribution in [0, 0.1) is 10.1 Å². The van der Waals surface area contributed by atoms with E-state index in [1.54, 1.807) is 18.2 Å². The molecule has 1 fully saturated rings. The minimum absolute atomic E-state index is 0.0267. The Morgan fingerprint density at radius 1 is 1.05 bits per heavy atom. The Hall–Kier alpha value is -5.03. The lowest BCUT2D eigenvalue weighted by Gasteiger charge is -2.26. The lowest BCUT2D eigenvalue weighted by molar-refractivity contribution is -0.384. The number of hydrogen-bond donors (Lipinski definition) is 2. The van der Waals surface area contributed by atoms with Crippen LogP contribution < -0.4 is 15.0 Å². The summed E-state index contributed by atoms with van der Waals surface area (Å²) in [7, 11) is 0. The number of anilines is 1. The first-order valence-electron chi connectivity index (χ1n) is 10.5. The minimum atomic E-state index is -1.06. The predicted octanol–water partition coefficient (Wildman–Crippen LogP) is 4.19. The number of benzene rings is 3. The van der Waals surface area contributed by atoms with Crippen LogP contribution >= 0.6 is 11.6 Å². The number of carboxylic acids is 1. The van der Waals surface area contributed by atoms with E-state index in [9.17, 15) is 29.3 Å². The fourth-order valence-corrected chi connectivity index (χ4v) is 3.62. The quantitative estimate of drug-likeness (QED) is 0.203. The average molecular weight is 522 g/mol. The minimum Gasteiger partial charge on any atom is -0.488 e. The van der Waals surface area contributed by atoms with Crippen LogP contribution in [0.5, 0.6) is 5.75 Å². The van der Waals surface area contributed by atoms with Crippen LogP contribution in [0.15, 0.2) is 72.3 Å². The molecule has 0 bridgehead atoms. The standard InChI is InChI=1S/C25H16ClN3O8/c26-17-5-10-21(37-13-14-1-3-15(4-2-14)24(32)33)16(11-17)12-20-22(30)27-25(34)28(23(20)31)18-6-8-19(9-7-18)29(35)36/h1-12H,13H2,(H,32,33)(H,27,30,34)/b20-12+. The average Bonchev–Trinajstić information content (AvgIpc) is 2.86. The van der Waals surface area contributed by atoms with E-state index in [0.717, 1.165) is 12.1 Å². The van der Waals surface area contributed by atoms with Gasteiger partial charge in [0, 0.05) is 22.7 Å². The molecule has 0 radical (unpaired) electrons. The maximum atomic E-state index is 13.2. The molecule has 1 aliphatic rings. The van der Waals surface area contributed by atoms with Gasteiger partial charge in [0.05, 0.1) is 16.2 Å². The first-order valence-corrected chi connectivity index (χ1v) is 10.9. The van der Waals surface area contributed by atoms with E-state index in [1.807, 2.05) is 0 Å². The van der Waals surface area contributed by atoms with E-state index in [1.165, 1.54) is 42.5 Å². The van der Waals surface area contributed by atoms with Crippen molar-refractivity contribution in [3.63, 3.8) is 0 Å². The molecule has 12 heteroatoms. The maximum absolute atomic E-state index is 13.2. The zero-order valence-corrected chi connectivity index (χ0v) is 19.5. The second kappa shape index (κ2) is 10.3. The molecule has 2 N–H and O–H groups in total. The number of barbiturate groups is 1. The molecule has 1 heterocycles. The summed E-state index contributed by atoms with van der Waals surface area (Å²) in [6.45, 7) is 0.0469. The summed E-state index contributed by atoms with van der Waals surface area (Å²) in [6.07, 6.45) is 1.22. The van der Waals surface area contributed by atoms with Gasteiger partial charge in [-0.1, -0.05) is 23.7 Å². The highest BCUT2D eigenvalue weighted by Crippen LogP contribution is 2.29. The maximum Gasteiger partial charge on any atom is 0.335 e. The van der Waals surface area contributed by atoms with Crippen LogP contribution in [0.3, 0.4) is 0 Å². The van der Waals surface area contributed by atoms with Crippen LogP contribution in [0.25, 0.3) is 6.08 Å². The summed E-state index contributed by atoms with van der Waals surface area (Å²) in [5, 5.41) is 22.3. The van der Waals surface area contributed by atoms with Gasteiger partial charge in [-0.25, -0.2) is 14.5 Å². The lowest BCUT2D eigenvalue weighted by Crippen LogP contribution is -2.54. The topological polar surface area (TPSA) is 156 Å². The third-order valence-electron chi connectivity index (χ3n) is 5.29. The summed E-state index contributed by atoms with van der Waals surface area (Å²) in [6, 6.07) is 14.3. The van der Waals surface area contributed by atoms with Crippen LogP contribution in [-0.4, -0.2) is 33.8 Å². The zero-order valence-electron chi connectivity index (χ0n) is 18.7. The first-order chi connectivity index (χ1) is 17.6. The molecule has 11 nitrogen and oxygen atoms in total. The molecule has 1 aliphatic heterocycles. The summed E-state index contributed by atoms with van der Waals surface area (Å²) >= 11 is 6.11. The van der Waals surface area contributed by atoms with Crippen molar-refractivity contribution in [2.75, 3.05) is 4.90 Å². The number of imide groups is 2. The molecule has 4 amide bonds. The highest BCUT2D eigenvalue weighted by molar-refractivity contribution is 6.39. The normalized spacial score (nSPS) is 14.5. The number of hydrogen-bond acceptors (Lipinski definition) is 7. The van der Waals surface area contributed by atoms with Crippen molar-refractivity contribution in [2.45, 2.75) is 6.61 Å². The number of nitrogens with one attached hydrogen (secondary N) is 1. The second-order valence-electron chi connectivity index (χ2n) is 7.70. The van der Waals surface area contributed by atoms with Gasteiger partial charge >= 0.3 is 12.0 Å². The molecule has 0 spiro atoms. The fourth-order valence-electron chi connectivity index (χ4n) is 3.44. The molecule has 4 rings (SSSR count). The van der Waals surface area contributed by atoms with Crippen LogP contribution in [0.2, 0.25) is 5.02 Å². The molecular formula is C25H16ClN3O8. The largest absolute Gasteiger partial charge is 0.488 e. The Morgan fingerprint density at radius 2 is 1.73 bits per heavy atom. The number of urea groups is 1. The summed E-state index contributed by atoms with van der Waals surface area (Å²) in [5.41, 5.74) is 0.453. The van der Waals surface area contributed by atoms with Crippen molar-refractivity contribution < 1.29 is 33.9 Å². The Bertz CT molecular complexity index is 1470. The van der Waals surface area contributed by atoms with Gasteiger partial charge < -0.3 is 9.84 Å². The Labute approximate surface area is 213 Å². The van der Waals surface area contributed by atoms with Gasteiger partial charge in [-0.2, -0.15) is 0 Å². The number of rotatable bonds is 7. The molecule has 186 valence electrons. The van der Waals surface area contributed by atoms with Gasteiger partial charge in [-0.15, -0.1) is 0 Å². The number of nitrogens with zero attached hydrogens (tertiary/aromatic N) is 2. The SMILES string of the molecule is O=C1NC(=O)N(c2ccc([N+](=O)[O-])cc2)C(=O)/C1=C/c1cc(Cl)ccc1OCc1ccc(C(=O)O)cc1. The molecular weight excluding hydrogens is 506 g/mol. The molecule has 3 aromatic rings. The Morgan fingerprint density at radius 3 is 2.35 bits per heavy atom. The number of carbonyl (C=O) groups excluding carboxylic acids is 3. The van der Waals surface area contributed by atoms with Crippen molar-refractivity contribution in [1.82, 2.24) is 5.32 Å². The second-order valence-corrected chi connectivity index (χ2v) is 8.14. The number of aromatic carboxylic acids is 1. The third kappa shape index (κ3) is 5.46. The highest BCUT2D eigenvalue weighted by Gasteiger charge is 2.37. The number of carbonyl (C=O) groups is 4. The van der Waals surface area contributed by atoms with E-state index in [2.05, 4.69) is 5.32 Å². The van der Waals surface area contributed by atoms with Crippen molar-refractivity contribution in [2.24, 2.45) is 0 Å². The lowest BCUT2D eigenvalue weighted by atomic mass is 10.1. The van der Waals surface area contributed by atoms with E-state index >= 15 is 0 Å². The van der Waals surface area contributed by atoms with Crippen molar-refractivity contribution in [3.05, 3.63) is 104 Å². The van der Waals surface area contributed by atoms with Gasteiger partial charge in [0.1, 0.15) is 17.9 Å². The Balaban J connectivity index is 1.63. The van der Waals surface area contributed by atoms with Gasteiger partial charge in [0.2, 0.25) is 0 Å². The number of amides is 4. The third-order valence-corrected chi connectivity index (χ3v) is 5.52. The molecule has 1 saturated heterocycles. The van der Waals surface area contributed by atoms with Crippen molar-refractivity contribution in [3.8, 4) is 5.75 Å². The van der Waals surface area contributed by atoms with Gasteiger partial charge in [-0.3, -0.25) is 25.0 Å². The van der Waals surface area contributed by atoms with E-state index in [0.29, 0.717) is 10.5 Å². The number of nitro benzene ring substituents is 1. The summed E-state index contributed by atoms with van der Waals surface area (Å²) in [4.78, 5) is 60.1. The zero-order chi connectivity index (χ0) is 26.7. The Kier molecular flexibility index (Phi) is 6.98. The van der Waals surface area contributed by atoms with E-state index in [4.69, 9.17) is 21.4 Å². The van der Waals surface area contributed by atoms with E-state index < -0.39 is 34.3 Å². The summed E-state index contributed by atoms with van der Waals surface area (Å²) in [5.74, 6) is -2.68. The fraction of sp³-hybridized carbons (Fsp3) is 0.0400. The number of ether oxygens (including phenoxy) is 1. The van der Waals surface area contributed by atoms with E-state index in [-0.39, 0.29) is 39.9 Å². The molecule has 0 unspecified atom stereocenters. The molecule has 0 saturated carbocycles. The van der Waals surface area contributed by atoms with Crippen LogP contribution in [0.4, 0.5) is 16.2 Å². The number of halogens is 1. The number of nitro groups is 1. The first kappa shape index (κ1) is 25.1. The summed E-state index contributed by atoms with van der Waals surface area (Å²) < 4.78 is 5.82. The van der Waals surface area contributed by atoms with Gasteiger partial charge in [0.15, 0.2) is 0 Å². The molecule has 0 aliphatic carbocycles. The monoisotopic (exact) mass is 521 g/mol. The molecule has 0 aromatic heterocycles. The number of non-ortho nitro benzene ring substituents is 1. The van der Waals surface area contributed by atoms with Gasteiger partial charge in [0.25, 0.3) is 17.5 Å². The highest BCUT2D eigenvalue weighted by atomic mass is 35.5. The van der Waals surface area contributed by atoms with Crippen molar-refractivity contribution in [1.29, 1.82) is 0 Å². The van der Waals surface area contributed by atoms with Crippen LogP contribution in [0.1, 0.15) is 21.5 Å². The van der Waals surface area contributed by atoms with Gasteiger partial charge in [-0.05, 0) is 54.1 Å². The molecule has 37 heavy (non-hydrogen) atoms. The molecule has 0 atom stereocenters.